The molecule has 0 unspecified atom stereocenters. The van der Waals surface area contributed by atoms with Gasteiger partial charge in [-0.3, -0.25) is 9.89 Å². The summed E-state index contributed by atoms with van der Waals surface area (Å²) in [6, 6.07) is 7.25. The average molecular weight is 254 g/mol. The molecule has 2 aromatic rings. The van der Waals surface area contributed by atoms with Gasteiger partial charge < -0.3 is 5.32 Å². The molecule has 1 amide bonds. The predicted octanol–water partition coefficient (Wildman–Crippen LogP) is 2.46. The monoisotopic (exact) mass is 254 g/mol. The molecule has 0 aliphatic heterocycles. The van der Waals surface area contributed by atoms with E-state index in [9.17, 15) is 4.79 Å². The van der Waals surface area contributed by atoms with Crippen LogP contribution in [0.15, 0.2) is 18.2 Å². The normalized spacial score (nSPS) is 10.0. The van der Waals surface area contributed by atoms with Crippen LogP contribution in [0.3, 0.4) is 0 Å². The Morgan fingerprint density at radius 1 is 1.37 bits per heavy atom. The van der Waals surface area contributed by atoms with E-state index < -0.39 is 0 Å². The third kappa shape index (κ3) is 2.47. The van der Waals surface area contributed by atoms with Crippen molar-refractivity contribution in [1.82, 2.24) is 10.2 Å². The summed E-state index contributed by atoms with van der Waals surface area (Å²) in [4.78, 5) is 12.2. The van der Waals surface area contributed by atoms with Crippen molar-refractivity contribution >= 4 is 11.6 Å². The summed E-state index contributed by atoms with van der Waals surface area (Å²) < 4.78 is 0. The predicted molar refractivity (Wildman–Crippen MR) is 71.9 cm³/mol. The molecule has 1 aromatic carbocycles. The summed E-state index contributed by atoms with van der Waals surface area (Å²) in [7, 11) is 0. The molecule has 5 nitrogen and oxygen atoms in total. The Hall–Kier alpha value is -2.61. The molecule has 0 aliphatic rings. The molecule has 1 aromatic heterocycles. The number of aromatic nitrogens is 2. The van der Waals surface area contributed by atoms with Crippen LogP contribution in [0.5, 0.6) is 0 Å². The van der Waals surface area contributed by atoms with Gasteiger partial charge in [0.05, 0.1) is 22.9 Å². The lowest BCUT2D eigenvalue weighted by Crippen LogP contribution is -2.14. The molecule has 5 heteroatoms. The van der Waals surface area contributed by atoms with Crippen LogP contribution in [0.4, 0.5) is 5.69 Å². The van der Waals surface area contributed by atoms with Crippen LogP contribution in [0.1, 0.15) is 32.9 Å². The first kappa shape index (κ1) is 12.8. The van der Waals surface area contributed by atoms with Gasteiger partial charge in [-0.25, -0.2) is 0 Å². The summed E-state index contributed by atoms with van der Waals surface area (Å²) in [5.74, 6) is -0.220. The van der Waals surface area contributed by atoms with E-state index in [1.807, 2.05) is 13.0 Å². The van der Waals surface area contributed by atoms with Crippen LogP contribution in [0, 0.1) is 32.1 Å². The van der Waals surface area contributed by atoms with Crippen molar-refractivity contribution in [3.63, 3.8) is 0 Å². The van der Waals surface area contributed by atoms with Gasteiger partial charge in [0.15, 0.2) is 0 Å². The maximum absolute atomic E-state index is 12.2. The SMILES string of the molecule is Cc1ccc(C#N)cc1NC(=O)c1c(C)n[nH]c1C. The van der Waals surface area contributed by atoms with Gasteiger partial charge >= 0.3 is 0 Å². The minimum absolute atomic E-state index is 0.220. The number of carbonyl (C=O) groups is 1. The minimum Gasteiger partial charge on any atom is -0.322 e. The van der Waals surface area contributed by atoms with Crippen LogP contribution in [0.2, 0.25) is 0 Å². The highest BCUT2D eigenvalue weighted by atomic mass is 16.1. The summed E-state index contributed by atoms with van der Waals surface area (Å²) >= 11 is 0. The van der Waals surface area contributed by atoms with Crippen LogP contribution in [-0.4, -0.2) is 16.1 Å². The number of hydrogen-bond acceptors (Lipinski definition) is 3. The largest absolute Gasteiger partial charge is 0.322 e. The van der Waals surface area contributed by atoms with Crippen molar-refractivity contribution in [2.45, 2.75) is 20.8 Å². The Morgan fingerprint density at radius 2 is 2.11 bits per heavy atom. The zero-order chi connectivity index (χ0) is 14.0. The Kier molecular flexibility index (Phi) is 3.34. The molecule has 19 heavy (non-hydrogen) atoms. The van der Waals surface area contributed by atoms with Crippen molar-refractivity contribution < 1.29 is 4.79 Å². The molecule has 2 rings (SSSR count). The fourth-order valence-corrected chi connectivity index (χ4v) is 1.90. The van der Waals surface area contributed by atoms with E-state index in [0.717, 1.165) is 11.3 Å². The molecule has 1 heterocycles. The van der Waals surface area contributed by atoms with Gasteiger partial charge in [0.25, 0.3) is 5.91 Å². The molecular formula is C14H14N4O. The van der Waals surface area contributed by atoms with Gasteiger partial charge in [0.1, 0.15) is 0 Å². The van der Waals surface area contributed by atoms with Gasteiger partial charge in [-0.15, -0.1) is 0 Å². The summed E-state index contributed by atoms with van der Waals surface area (Å²) in [5.41, 5.74) is 3.99. The van der Waals surface area contributed by atoms with E-state index in [0.29, 0.717) is 22.5 Å². The number of anilines is 1. The smallest absolute Gasteiger partial charge is 0.259 e. The van der Waals surface area contributed by atoms with Gasteiger partial charge in [0.2, 0.25) is 0 Å². The third-order valence-corrected chi connectivity index (χ3v) is 2.97. The highest BCUT2D eigenvalue weighted by Gasteiger charge is 2.16. The second-order valence-electron chi connectivity index (χ2n) is 4.40. The molecule has 0 bridgehead atoms. The van der Waals surface area contributed by atoms with Crippen LogP contribution >= 0.6 is 0 Å². The number of amides is 1. The van der Waals surface area contributed by atoms with Crippen molar-refractivity contribution in [3.05, 3.63) is 46.3 Å². The molecule has 0 saturated carbocycles. The first-order valence-electron chi connectivity index (χ1n) is 5.86. The highest BCUT2D eigenvalue weighted by Crippen LogP contribution is 2.19. The van der Waals surface area contributed by atoms with Crippen LogP contribution in [-0.2, 0) is 0 Å². The van der Waals surface area contributed by atoms with E-state index in [4.69, 9.17) is 5.26 Å². The number of aromatic amines is 1. The highest BCUT2D eigenvalue weighted by molar-refractivity contribution is 6.06. The van der Waals surface area contributed by atoms with Crippen molar-refractivity contribution in [2.24, 2.45) is 0 Å². The van der Waals surface area contributed by atoms with E-state index >= 15 is 0 Å². The quantitative estimate of drug-likeness (QED) is 0.863. The molecule has 0 saturated heterocycles. The van der Waals surface area contributed by atoms with Gasteiger partial charge in [-0.05, 0) is 38.5 Å². The molecule has 0 atom stereocenters. The van der Waals surface area contributed by atoms with Gasteiger partial charge in [0, 0.05) is 11.4 Å². The molecule has 0 radical (unpaired) electrons. The van der Waals surface area contributed by atoms with E-state index in [1.165, 1.54) is 0 Å². The number of rotatable bonds is 2. The van der Waals surface area contributed by atoms with E-state index in [1.54, 1.807) is 26.0 Å². The Bertz CT molecular complexity index is 660. The Morgan fingerprint density at radius 3 is 2.68 bits per heavy atom. The number of nitrogens with one attached hydrogen (secondary N) is 2. The molecule has 0 spiro atoms. The molecule has 0 fully saturated rings. The minimum atomic E-state index is -0.220. The molecular weight excluding hydrogens is 240 g/mol. The van der Waals surface area contributed by atoms with Gasteiger partial charge in [-0.1, -0.05) is 6.07 Å². The maximum Gasteiger partial charge on any atom is 0.259 e. The third-order valence-electron chi connectivity index (χ3n) is 2.97. The van der Waals surface area contributed by atoms with Gasteiger partial charge in [-0.2, -0.15) is 10.4 Å². The second kappa shape index (κ2) is 4.94. The zero-order valence-corrected chi connectivity index (χ0v) is 11.0. The van der Waals surface area contributed by atoms with Crippen molar-refractivity contribution in [2.75, 3.05) is 5.32 Å². The number of nitrogens with zero attached hydrogens (tertiary/aromatic N) is 2. The lowest BCUT2D eigenvalue weighted by Gasteiger charge is -2.08. The summed E-state index contributed by atoms with van der Waals surface area (Å²) in [5, 5.41) is 18.5. The number of aryl methyl sites for hydroxylation is 3. The standard InChI is InChI=1S/C14H14N4O/c1-8-4-5-11(7-15)6-12(8)16-14(19)13-9(2)17-18-10(13)3/h4-6H,1-3H3,(H,16,19)(H,17,18). The number of nitriles is 1. The lowest BCUT2D eigenvalue weighted by molar-refractivity contribution is 0.102. The van der Waals surface area contributed by atoms with Crippen molar-refractivity contribution in [1.29, 1.82) is 5.26 Å². The Balaban J connectivity index is 2.32. The maximum atomic E-state index is 12.2. The summed E-state index contributed by atoms with van der Waals surface area (Å²) in [6.07, 6.45) is 0. The average Bonchev–Trinajstić information content (AvgIpc) is 2.71. The number of H-pyrrole nitrogens is 1. The van der Waals surface area contributed by atoms with Crippen molar-refractivity contribution in [3.8, 4) is 6.07 Å². The van der Waals surface area contributed by atoms with Crippen LogP contribution in [0.25, 0.3) is 0 Å². The number of hydrogen-bond donors (Lipinski definition) is 2. The second-order valence-corrected chi connectivity index (χ2v) is 4.40. The number of benzene rings is 1. The fourth-order valence-electron chi connectivity index (χ4n) is 1.90. The van der Waals surface area contributed by atoms with Crippen LogP contribution < -0.4 is 5.32 Å². The first-order valence-corrected chi connectivity index (χ1v) is 5.86. The molecule has 2 N–H and O–H groups in total. The summed E-state index contributed by atoms with van der Waals surface area (Å²) in [6.45, 7) is 5.45. The van der Waals surface area contributed by atoms with E-state index in [2.05, 4.69) is 21.6 Å². The zero-order valence-electron chi connectivity index (χ0n) is 11.0. The Labute approximate surface area is 111 Å². The lowest BCUT2D eigenvalue weighted by atomic mass is 10.1. The molecule has 0 aliphatic carbocycles. The fraction of sp³-hybridized carbons (Fsp3) is 0.214. The number of carbonyl (C=O) groups excluding carboxylic acids is 1. The van der Waals surface area contributed by atoms with E-state index in [-0.39, 0.29) is 5.91 Å². The first-order chi connectivity index (χ1) is 9.02. The topological polar surface area (TPSA) is 81.6 Å². The molecule has 96 valence electrons.